The fourth-order valence-corrected chi connectivity index (χ4v) is 1.70. The molecular formula is C17H26O3. The molecule has 112 valence electrons. The number of hydrogen-bond acceptors (Lipinski definition) is 3. The van der Waals surface area contributed by atoms with Gasteiger partial charge in [0.1, 0.15) is 0 Å². The van der Waals surface area contributed by atoms with E-state index in [-0.39, 0.29) is 0 Å². The molecule has 0 N–H and O–H groups in total. The SMILES string of the molecule is C=Cc1cc(OCCC)c(OCCC)c(OCCC)c1. The van der Waals surface area contributed by atoms with Gasteiger partial charge in [0, 0.05) is 0 Å². The molecule has 0 saturated heterocycles. The molecule has 0 aliphatic heterocycles. The van der Waals surface area contributed by atoms with Gasteiger partial charge in [-0.25, -0.2) is 0 Å². The minimum Gasteiger partial charge on any atom is -0.490 e. The Balaban J connectivity index is 3.10. The van der Waals surface area contributed by atoms with E-state index in [9.17, 15) is 0 Å². The molecular weight excluding hydrogens is 252 g/mol. The molecule has 0 spiro atoms. The summed E-state index contributed by atoms with van der Waals surface area (Å²) in [6, 6.07) is 3.90. The molecule has 0 heterocycles. The molecule has 0 atom stereocenters. The van der Waals surface area contributed by atoms with E-state index in [4.69, 9.17) is 14.2 Å². The van der Waals surface area contributed by atoms with E-state index in [1.165, 1.54) is 0 Å². The summed E-state index contributed by atoms with van der Waals surface area (Å²) in [5.74, 6) is 2.19. The summed E-state index contributed by atoms with van der Waals surface area (Å²) in [6.45, 7) is 12.0. The lowest BCUT2D eigenvalue weighted by molar-refractivity contribution is 0.243. The highest BCUT2D eigenvalue weighted by Crippen LogP contribution is 2.39. The zero-order chi connectivity index (χ0) is 14.8. The molecule has 0 bridgehead atoms. The molecule has 20 heavy (non-hydrogen) atoms. The third-order valence-corrected chi connectivity index (χ3v) is 2.65. The molecule has 0 saturated carbocycles. The maximum atomic E-state index is 5.83. The minimum atomic E-state index is 0.651. The van der Waals surface area contributed by atoms with Gasteiger partial charge < -0.3 is 14.2 Å². The van der Waals surface area contributed by atoms with Crippen LogP contribution in [0.3, 0.4) is 0 Å². The third-order valence-electron chi connectivity index (χ3n) is 2.65. The van der Waals surface area contributed by atoms with Crippen LogP contribution in [-0.2, 0) is 0 Å². The fraction of sp³-hybridized carbons (Fsp3) is 0.529. The quantitative estimate of drug-likeness (QED) is 0.621. The van der Waals surface area contributed by atoms with Crippen molar-refractivity contribution in [1.29, 1.82) is 0 Å². The van der Waals surface area contributed by atoms with Gasteiger partial charge in [0.05, 0.1) is 19.8 Å². The van der Waals surface area contributed by atoms with Gasteiger partial charge in [0.25, 0.3) is 0 Å². The Morgan fingerprint density at radius 1 is 0.850 bits per heavy atom. The van der Waals surface area contributed by atoms with Crippen molar-refractivity contribution in [3.63, 3.8) is 0 Å². The lowest BCUT2D eigenvalue weighted by atomic mass is 10.2. The molecule has 0 fully saturated rings. The average molecular weight is 278 g/mol. The predicted molar refractivity (Wildman–Crippen MR) is 83.9 cm³/mol. The van der Waals surface area contributed by atoms with Crippen molar-refractivity contribution in [3.05, 3.63) is 24.3 Å². The van der Waals surface area contributed by atoms with Gasteiger partial charge in [0.15, 0.2) is 11.5 Å². The van der Waals surface area contributed by atoms with Gasteiger partial charge in [-0.15, -0.1) is 0 Å². The highest BCUT2D eigenvalue weighted by atomic mass is 16.5. The Hall–Kier alpha value is -1.64. The third kappa shape index (κ3) is 4.80. The van der Waals surface area contributed by atoms with Crippen molar-refractivity contribution in [1.82, 2.24) is 0 Å². The molecule has 1 rings (SSSR count). The van der Waals surface area contributed by atoms with Crippen LogP contribution in [0.4, 0.5) is 0 Å². The molecule has 0 aromatic heterocycles. The molecule has 0 amide bonds. The van der Waals surface area contributed by atoms with Crippen LogP contribution in [-0.4, -0.2) is 19.8 Å². The Bertz CT molecular complexity index is 384. The fourth-order valence-electron chi connectivity index (χ4n) is 1.70. The van der Waals surface area contributed by atoms with Gasteiger partial charge >= 0.3 is 0 Å². The Morgan fingerprint density at radius 3 is 1.70 bits per heavy atom. The van der Waals surface area contributed by atoms with E-state index >= 15 is 0 Å². The van der Waals surface area contributed by atoms with Crippen LogP contribution in [0.15, 0.2) is 18.7 Å². The van der Waals surface area contributed by atoms with Crippen molar-refractivity contribution in [2.24, 2.45) is 0 Å². The first-order valence-electron chi connectivity index (χ1n) is 7.45. The van der Waals surface area contributed by atoms with Gasteiger partial charge in [-0.1, -0.05) is 33.4 Å². The van der Waals surface area contributed by atoms with Crippen LogP contribution < -0.4 is 14.2 Å². The number of ether oxygens (including phenoxy) is 3. The lowest BCUT2D eigenvalue weighted by Gasteiger charge is -2.17. The van der Waals surface area contributed by atoms with Crippen LogP contribution >= 0.6 is 0 Å². The maximum absolute atomic E-state index is 5.83. The molecule has 0 unspecified atom stereocenters. The van der Waals surface area contributed by atoms with E-state index in [0.717, 1.165) is 36.3 Å². The second kappa shape index (κ2) is 9.29. The molecule has 1 aromatic rings. The smallest absolute Gasteiger partial charge is 0.203 e. The standard InChI is InChI=1S/C17H26O3/c1-5-9-18-15-12-14(8-4)13-16(19-10-6-2)17(15)20-11-7-3/h8,12-13H,4-7,9-11H2,1-3H3. The van der Waals surface area contributed by atoms with E-state index in [0.29, 0.717) is 25.6 Å². The summed E-state index contributed by atoms with van der Waals surface area (Å²) in [7, 11) is 0. The average Bonchev–Trinajstić information content (AvgIpc) is 2.48. The number of benzene rings is 1. The number of rotatable bonds is 10. The molecule has 3 heteroatoms. The zero-order valence-electron chi connectivity index (χ0n) is 12.9. The van der Waals surface area contributed by atoms with Gasteiger partial charge in [0.2, 0.25) is 5.75 Å². The van der Waals surface area contributed by atoms with Crippen LogP contribution in [0.5, 0.6) is 17.2 Å². The van der Waals surface area contributed by atoms with Crippen molar-refractivity contribution in [2.45, 2.75) is 40.0 Å². The maximum Gasteiger partial charge on any atom is 0.203 e. The highest BCUT2D eigenvalue weighted by molar-refractivity contribution is 5.61. The van der Waals surface area contributed by atoms with E-state index < -0.39 is 0 Å². The topological polar surface area (TPSA) is 27.7 Å². The first kappa shape index (κ1) is 16.4. The van der Waals surface area contributed by atoms with E-state index in [1.807, 2.05) is 12.1 Å². The molecule has 0 radical (unpaired) electrons. The molecule has 0 aliphatic rings. The predicted octanol–water partition coefficient (Wildman–Crippen LogP) is 4.70. The van der Waals surface area contributed by atoms with E-state index in [1.54, 1.807) is 6.08 Å². The van der Waals surface area contributed by atoms with Gasteiger partial charge in [-0.3, -0.25) is 0 Å². The Morgan fingerprint density at radius 2 is 1.30 bits per heavy atom. The van der Waals surface area contributed by atoms with Crippen molar-refractivity contribution >= 4 is 6.08 Å². The summed E-state index contributed by atoms with van der Waals surface area (Å²) in [4.78, 5) is 0. The van der Waals surface area contributed by atoms with E-state index in [2.05, 4.69) is 27.4 Å². The van der Waals surface area contributed by atoms with Crippen molar-refractivity contribution in [2.75, 3.05) is 19.8 Å². The van der Waals surface area contributed by atoms with Gasteiger partial charge in [-0.05, 0) is 37.0 Å². The molecule has 1 aromatic carbocycles. The molecule has 0 aliphatic carbocycles. The van der Waals surface area contributed by atoms with Crippen molar-refractivity contribution < 1.29 is 14.2 Å². The zero-order valence-corrected chi connectivity index (χ0v) is 12.9. The Labute approximate surface area is 122 Å². The summed E-state index contributed by atoms with van der Waals surface area (Å²) < 4.78 is 17.4. The number of hydrogen-bond donors (Lipinski definition) is 0. The van der Waals surface area contributed by atoms with Crippen LogP contribution in [0.1, 0.15) is 45.6 Å². The summed E-state index contributed by atoms with van der Waals surface area (Å²) in [5, 5.41) is 0. The molecule has 3 nitrogen and oxygen atoms in total. The monoisotopic (exact) mass is 278 g/mol. The van der Waals surface area contributed by atoms with Crippen LogP contribution in [0, 0.1) is 0 Å². The summed E-state index contributed by atoms with van der Waals surface area (Å²) >= 11 is 0. The lowest BCUT2D eigenvalue weighted by Crippen LogP contribution is -2.05. The first-order valence-corrected chi connectivity index (χ1v) is 7.45. The Kier molecular flexibility index (Phi) is 7.63. The van der Waals surface area contributed by atoms with Gasteiger partial charge in [-0.2, -0.15) is 0 Å². The summed E-state index contributed by atoms with van der Waals surface area (Å²) in [6.07, 6.45) is 4.65. The second-order valence-electron chi connectivity index (χ2n) is 4.60. The minimum absolute atomic E-state index is 0.651. The van der Waals surface area contributed by atoms with Crippen LogP contribution in [0.2, 0.25) is 0 Å². The first-order chi connectivity index (χ1) is 9.76. The van der Waals surface area contributed by atoms with Crippen molar-refractivity contribution in [3.8, 4) is 17.2 Å². The largest absolute Gasteiger partial charge is 0.490 e. The second-order valence-corrected chi connectivity index (χ2v) is 4.60. The highest BCUT2D eigenvalue weighted by Gasteiger charge is 2.14. The van der Waals surface area contributed by atoms with Crippen LogP contribution in [0.25, 0.3) is 6.08 Å². The summed E-state index contributed by atoms with van der Waals surface area (Å²) in [5.41, 5.74) is 0.978. The normalized spacial score (nSPS) is 10.2.